The minimum Gasteiger partial charge on any atom is -0.338 e. The maximum absolute atomic E-state index is 13.6. The number of hydrogen-bond acceptors (Lipinski definition) is 2. The summed E-state index contributed by atoms with van der Waals surface area (Å²) in [5.74, 6) is 0.132. The predicted molar refractivity (Wildman–Crippen MR) is 127 cm³/mol. The second-order valence-corrected chi connectivity index (χ2v) is 9.22. The van der Waals surface area contributed by atoms with Crippen molar-refractivity contribution >= 4 is 22.6 Å². The Morgan fingerprint density at radius 3 is 2.44 bits per heavy atom. The normalized spacial score (nSPS) is 21.2. The average Bonchev–Trinajstić information content (AvgIpc) is 3.33. The van der Waals surface area contributed by atoms with E-state index in [0.717, 1.165) is 48.6 Å². The van der Waals surface area contributed by atoms with Crippen molar-refractivity contribution in [1.82, 2.24) is 9.80 Å². The van der Waals surface area contributed by atoms with Crippen LogP contribution in [0.3, 0.4) is 0 Å². The maximum atomic E-state index is 13.6. The van der Waals surface area contributed by atoms with E-state index >= 15 is 0 Å². The lowest BCUT2D eigenvalue weighted by atomic mass is 9.94. The topological polar surface area (TPSA) is 40.6 Å². The third-order valence-corrected chi connectivity index (χ3v) is 7.08. The fraction of sp³-hybridized carbons (Fsp3) is 0.357. The van der Waals surface area contributed by atoms with Crippen molar-refractivity contribution in [2.45, 2.75) is 38.6 Å². The molecule has 3 aromatic rings. The van der Waals surface area contributed by atoms with Gasteiger partial charge in [-0.15, -0.1) is 0 Å². The highest BCUT2D eigenvalue weighted by Crippen LogP contribution is 2.35. The molecule has 0 aliphatic carbocycles. The van der Waals surface area contributed by atoms with Crippen molar-refractivity contribution in [3.63, 3.8) is 0 Å². The first kappa shape index (κ1) is 20.7. The summed E-state index contributed by atoms with van der Waals surface area (Å²) in [4.78, 5) is 30.9. The minimum absolute atomic E-state index is 0.0378. The van der Waals surface area contributed by atoms with Crippen molar-refractivity contribution in [3.8, 4) is 0 Å². The first-order chi connectivity index (χ1) is 15.6. The Labute approximate surface area is 189 Å². The van der Waals surface area contributed by atoms with Gasteiger partial charge >= 0.3 is 0 Å². The first-order valence-corrected chi connectivity index (χ1v) is 11.8. The van der Waals surface area contributed by atoms with Crippen LogP contribution in [0.15, 0.2) is 66.7 Å². The van der Waals surface area contributed by atoms with Crippen LogP contribution >= 0.6 is 0 Å². The molecule has 2 fully saturated rings. The summed E-state index contributed by atoms with van der Waals surface area (Å²) < 4.78 is 0. The van der Waals surface area contributed by atoms with Gasteiger partial charge in [0.05, 0.1) is 12.0 Å². The van der Waals surface area contributed by atoms with Crippen LogP contribution in [0.2, 0.25) is 0 Å². The fourth-order valence-corrected chi connectivity index (χ4v) is 5.35. The zero-order valence-corrected chi connectivity index (χ0v) is 18.7. The number of carbonyl (C=O) groups is 2. The van der Waals surface area contributed by atoms with Crippen molar-refractivity contribution in [1.29, 1.82) is 0 Å². The molecular formula is C28H30N2O2. The van der Waals surface area contributed by atoms with Crippen molar-refractivity contribution in [2.24, 2.45) is 5.92 Å². The van der Waals surface area contributed by atoms with E-state index in [2.05, 4.69) is 36.1 Å². The van der Waals surface area contributed by atoms with E-state index in [1.54, 1.807) is 0 Å². The molecule has 0 radical (unpaired) electrons. The van der Waals surface area contributed by atoms with Gasteiger partial charge in [0, 0.05) is 25.2 Å². The molecule has 4 nitrogen and oxygen atoms in total. The molecule has 2 atom stereocenters. The third-order valence-electron chi connectivity index (χ3n) is 7.08. The monoisotopic (exact) mass is 426 g/mol. The summed E-state index contributed by atoms with van der Waals surface area (Å²) in [5.41, 5.74) is 3.19. The number of likely N-dealkylation sites (tertiary alicyclic amines) is 2. The second kappa shape index (κ2) is 8.78. The zero-order valence-electron chi connectivity index (χ0n) is 18.7. The smallest absolute Gasteiger partial charge is 0.254 e. The Kier molecular flexibility index (Phi) is 5.69. The molecule has 4 heteroatoms. The Morgan fingerprint density at radius 2 is 1.59 bits per heavy atom. The number of nitrogens with zero attached hydrogens (tertiary/aromatic N) is 2. The Morgan fingerprint density at radius 1 is 0.844 bits per heavy atom. The van der Waals surface area contributed by atoms with Gasteiger partial charge in [-0.05, 0) is 55.0 Å². The zero-order chi connectivity index (χ0) is 22.1. The van der Waals surface area contributed by atoms with Gasteiger partial charge in [-0.2, -0.15) is 0 Å². The SMILES string of the molecule is Cc1ccc([C@@H]2CCCN2C(=O)[C@H]2CCCN(C(=O)c3cccc4ccccc34)C2)cc1. The Balaban J connectivity index is 1.33. The summed E-state index contributed by atoms with van der Waals surface area (Å²) in [5, 5.41) is 2.05. The molecule has 0 saturated carbocycles. The van der Waals surface area contributed by atoms with Crippen molar-refractivity contribution in [2.75, 3.05) is 19.6 Å². The molecular weight excluding hydrogens is 396 g/mol. The molecule has 2 aliphatic heterocycles. The van der Waals surface area contributed by atoms with Crippen molar-refractivity contribution < 1.29 is 9.59 Å². The summed E-state index contributed by atoms with van der Waals surface area (Å²) in [6.45, 7) is 4.13. The van der Waals surface area contributed by atoms with Crippen molar-refractivity contribution in [3.05, 3.63) is 83.4 Å². The number of hydrogen-bond donors (Lipinski definition) is 0. The highest BCUT2D eigenvalue weighted by molar-refractivity contribution is 6.07. The molecule has 2 amide bonds. The van der Waals surface area contributed by atoms with Gasteiger partial charge < -0.3 is 9.80 Å². The van der Waals surface area contributed by atoms with Crippen LogP contribution in [0.4, 0.5) is 0 Å². The van der Waals surface area contributed by atoms with Crippen LogP contribution in [0.5, 0.6) is 0 Å². The molecule has 0 bridgehead atoms. The summed E-state index contributed by atoms with van der Waals surface area (Å²) in [6, 6.07) is 22.6. The summed E-state index contributed by atoms with van der Waals surface area (Å²) in [6.07, 6.45) is 3.78. The number of carbonyl (C=O) groups excluding carboxylic acids is 2. The predicted octanol–water partition coefficient (Wildman–Crippen LogP) is 5.36. The number of amides is 2. The van der Waals surface area contributed by atoms with E-state index in [9.17, 15) is 9.59 Å². The van der Waals surface area contributed by atoms with Gasteiger partial charge in [-0.1, -0.05) is 66.2 Å². The lowest BCUT2D eigenvalue weighted by Gasteiger charge is -2.36. The minimum atomic E-state index is -0.117. The Bertz CT molecular complexity index is 1130. The van der Waals surface area contributed by atoms with Crippen LogP contribution in [-0.4, -0.2) is 41.2 Å². The molecule has 2 saturated heterocycles. The van der Waals surface area contributed by atoms with E-state index in [4.69, 9.17) is 0 Å². The van der Waals surface area contributed by atoms with Crippen LogP contribution in [0.25, 0.3) is 10.8 Å². The molecule has 0 N–H and O–H groups in total. The van der Waals surface area contributed by atoms with Gasteiger partial charge in [-0.25, -0.2) is 0 Å². The van der Waals surface area contributed by atoms with Gasteiger partial charge in [0.25, 0.3) is 5.91 Å². The van der Waals surface area contributed by atoms with Gasteiger partial charge in [-0.3, -0.25) is 9.59 Å². The van der Waals surface area contributed by atoms with E-state index in [0.29, 0.717) is 13.1 Å². The summed E-state index contributed by atoms with van der Waals surface area (Å²) in [7, 11) is 0. The highest BCUT2D eigenvalue weighted by atomic mass is 16.2. The van der Waals surface area contributed by atoms with E-state index < -0.39 is 0 Å². The molecule has 0 aromatic heterocycles. The van der Waals surface area contributed by atoms with Crippen LogP contribution in [-0.2, 0) is 4.79 Å². The lowest BCUT2D eigenvalue weighted by Crippen LogP contribution is -2.46. The molecule has 164 valence electrons. The van der Waals surface area contributed by atoms with Gasteiger partial charge in [0.2, 0.25) is 5.91 Å². The molecule has 3 aromatic carbocycles. The second-order valence-electron chi connectivity index (χ2n) is 9.22. The summed E-state index contributed by atoms with van der Waals surface area (Å²) >= 11 is 0. The number of rotatable bonds is 3. The number of piperidine rings is 1. The molecule has 0 unspecified atom stereocenters. The molecule has 2 heterocycles. The average molecular weight is 427 g/mol. The molecule has 5 rings (SSSR count). The van der Waals surface area contributed by atoms with E-state index in [-0.39, 0.29) is 23.8 Å². The fourth-order valence-electron chi connectivity index (χ4n) is 5.35. The van der Waals surface area contributed by atoms with E-state index in [1.165, 1.54) is 11.1 Å². The number of fused-ring (bicyclic) bond motifs is 1. The maximum Gasteiger partial charge on any atom is 0.254 e. The highest BCUT2D eigenvalue weighted by Gasteiger charge is 2.37. The molecule has 2 aliphatic rings. The van der Waals surface area contributed by atoms with Gasteiger partial charge in [0.1, 0.15) is 0 Å². The van der Waals surface area contributed by atoms with Crippen LogP contribution < -0.4 is 0 Å². The quantitative estimate of drug-likeness (QED) is 0.565. The van der Waals surface area contributed by atoms with E-state index in [1.807, 2.05) is 47.4 Å². The largest absolute Gasteiger partial charge is 0.338 e. The number of aryl methyl sites for hydroxylation is 1. The molecule has 0 spiro atoms. The standard InChI is InChI=1S/C28H30N2O2/c1-20-13-15-22(16-14-20)26-12-6-18-30(26)27(31)23-9-5-17-29(19-23)28(32)25-11-4-8-21-7-2-3-10-24(21)25/h2-4,7-8,10-11,13-16,23,26H,5-6,9,12,17-19H2,1H3/t23-,26-/m0/s1. The van der Waals surface area contributed by atoms with Crippen LogP contribution in [0.1, 0.15) is 53.2 Å². The number of benzene rings is 3. The van der Waals surface area contributed by atoms with Crippen LogP contribution in [0, 0.1) is 12.8 Å². The Hall–Kier alpha value is -3.14. The lowest BCUT2D eigenvalue weighted by molar-refractivity contribution is -0.137. The third kappa shape index (κ3) is 3.90. The van der Waals surface area contributed by atoms with Gasteiger partial charge in [0.15, 0.2) is 0 Å². The first-order valence-electron chi connectivity index (χ1n) is 11.8. The molecule has 32 heavy (non-hydrogen) atoms.